The number of rotatable bonds is 1. The summed E-state index contributed by atoms with van der Waals surface area (Å²) in [5.74, 6) is 0. The summed E-state index contributed by atoms with van der Waals surface area (Å²) < 4.78 is 1.78. The van der Waals surface area contributed by atoms with Crippen LogP contribution < -0.4 is 0 Å². The quantitative estimate of drug-likeness (QED) is 0.617. The Morgan fingerprint density at radius 2 is 1.94 bits per heavy atom. The van der Waals surface area contributed by atoms with Gasteiger partial charge in [0.25, 0.3) is 0 Å². The Balaban J connectivity index is 2.22. The highest BCUT2D eigenvalue weighted by Crippen LogP contribution is 2.17. The highest BCUT2D eigenvalue weighted by molar-refractivity contribution is 5.61. The van der Waals surface area contributed by atoms with E-state index in [0.717, 1.165) is 22.5 Å². The molecule has 0 fully saturated rings. The molecule has 0 aliphatic heterocycles. The van der Waals surface area contributed by atoms with Gasteiger partial charge in [0.15, 0.2) is 5.65 Å². The lowest BCUT2D eigenvalue weighted by Gasteiger charge is -2.01. The second-order valence-corrected chi connectivity index (χ2v) is 3.64. The molecule has 0 spiro atoms. The van der Waals surface area contributed by atoms with Crippen molar-refractivity contribution in [3.63, 3.8) is 0 Å². The third-order valence-corrected chi connectivity index (χ3v) is 2.52. The first-order valence-corrected chi connectivity index (χ1v) is 5.06. The fourth-order valence-corrected chi connectivity index (χ4v) is 1.67. The molecule has 3 heterocycles. The molecular weight excluding hydrogens is 200 g/mol. The predicted molar refractivity (Wildman–Crippen MR) is 61.0 cm³/mol. The summed E-state index contributed by atoms with van der Waals surface area (Å²) in [5.41, 5.74) is 3.99. The zero-order valence-corrected chi connectivity index (χ0v) is 8.83. The molecule has 0 amide bonds. The highest BCUT2D eigenvalue weighted by Gasteiger charge is 2.03. The largest absolute Gasteiger partial charge is 0.265 e. The van der Waals surface area contributed by atoms with E-state index in [9.17, 15) is 0 Å². The molecule has 78 valence electrons. The molecule has 0 unspecified atom stereocenters. The van der Waals surface area contributed by atoms with Gasteiger partial charge in [0.05, 0.1) is 11.9 Å². The summed E-state index contributed by atoms with van der Waals surface area (Å²) in [5, 5.41) is 4.19. The van der Waals surface area contributed by atoms with E-state index in [-0.39, 0.29) is 0 Å². The number of fused-ring (bicyclic) bond motifs is 1. The molecule has 0 aromatic carbocycles. The van der Waals surface area contributed by atoms with Crippen LogP contribution in [0.2, 0.25) is 0 Å². The number of nitrogens with zero attached hydrogens (tertiary/aromatic N) is 4. The number of hydrogen-bond donors (Lipinski definition) is 0. The van der Waals surface area contributed by atoms with Crippen molar-refractivity contribution in [1.29, 1.82) is 0 Å². The van der Waals surface area contributed by atoms with Crippen LogP contribution >= 0.6 is 0 Å². The molecule has 3 aromatic heterocycles. The molecule has 0 saturated heterocycles. The van der Waals surface area contributed by atoms with Crippen molar-refractivity contribution in [3.05, 3.63) is 48.5 Å². The second kappa shape index (κ2) is 3.41. The van der Waals surface area contributed by atoms with Crippen LogP contribution in [0, 0.1) is 6.92 Å². The van der Waals surface area contributed by atoms with Gasteiger partial charge >= 0.3 is 0 Å². The minimum Gasteiger partial charge on any atom is -0.265 e. The van der Waals surface area contributed by atoms with E-state index in [4.69, 9.17) is 0 Å². The molecule has 3 aromatic rings. The van der Waals surface area contributed by atoms with Crippen LogP contribution in [0.4, 0.5) is 0 Å². The van der Waals surface area contributed by atoms with Crippen molar-refractivity contribution >= 4 is 5.65 Å². The number of hydrogen-bond acceptors (Lipinski definition) is 3. The highest BCUT2D eigenvalue weighted by atomic mass is 15.2. The summed E-state index contributed by atoms with van der Waals surface area (Å²) in [6, 6.07) is 5.85. The molecule has 4 nitrogen and oxygen atoms in total. The Kier molecular flexibility index (Phi) is 1.93. The van der Waals surface area contributed by atoms with Gasteiger partial charge in [0.1, 0.15) is 0 Å². The first-order valence-electron chi connectivity index (χ1n) is 5.06. The van der Waals surface area contributed by atoms with Gasteiger partial charge in [-0.2, -0.15) is 5.10 Å². The van der Waals surface area contributed by atoms with Gasteiger partial charge < -0.3 is 0 Å². The Bertz CT molecular complexity index is 628. The van der Waals surface area contributed by atoms with Crippen LogP contribution in [0.25, 0.3) is 16.9 Å². The smallest absolute Gasteiger partial charge is 0.158 e. The van der Waals surface area contributed by atoms with Crippen molar-refractivity contribution in [1.82, 2.24) is 19.6 Å². The zero-order valence-electron chi connectivity index (χ0n) is 8.83. The maximum Gasteiger partial charge on any atom is 0.158 e. The minimum atomic E-state index is 0.898. The normalized spacial score (nSPS) is 10.8. The minimum absolute atomic E-state index is 0.898. The molecule has 0 atom stereocenters. The van der Waals surface area contributed by atoms with Crippen molar-refractivity contribution in [2.24, 2.45) is 0 Å². The molecule has 16 heavy (non-hydrogen) atoms. The third kappa shape index (κ3) is 1.35. The first-order chi connectivity index (χ1) is 7.84. The molecule has 3 rings (SSSR count). The fraction of sp³-hybridized carbons (Fsp3) is 0.0833. The maximum atomic E-state index is 4.58. The van der Waals surface area contributed by atoms with Crippen LogP contribution in [0.1, 0.15) is 5.56 Å². The van der Waals surface area contributed by atoms with E-state index in [1.54, 1.807) is 16.9 Å². The summed E-state index contributed by atoms with van der Waals surface area (Å²) in [7, 11) is 0. The van der Waals surface area contributed by atoms with Gasteiger partial charge in [-0.1, -0.05) is 0 Å². The molecule has 4 heteroatoms. The lowest BCUT2D eigenvalue weighted by atomic mass is 10.2. The van der Waals surface area contributed by atoms with Crippen LogP contribution in [-0.4, -0.2) is 19.6 Å². The van der Waals surface area contributed by atoms with Crippen LogP contribution in [0.5, 0.6) is 0 Å². The molecule has 0 bridgehead atoms. The van der Waals surface area contributed by atoms with Gasteiger partial charge in [-0.15, -0.1) is 0 Å². The maximum absolute atomic E-state index is 4.58. The van der Waals surface area contributed by atoms with Gasteiger partial charge in [-0.3, -0.25) is 4.98 Å². The van der Waals surface area contributed by atoms with Crippen molar-refractivity contribution in [2.75, 3.05) is 0 Å². The summed E-state index contributed by atoms with van der Waals surface area (Å²) in [4.78, 5) is 8.57. The van der Waals surface area contributed by atoms with Crippen molar-refractivity contribution in [2.45, 2.75) is 6.92 Å². The van der Waals surface area contributed by atoms with Crippen LogP contribution in [0.3, 0.4) is 0 Å². The molecule has 0 radical (unpaired) electrons. The van der Waals surface area contributed by atoms with E-state index in [2.05, 4.69) is 15.1 Å². The topological polar surface area (TPSA) is 43.1 Å². The van der Waals surface area contributed by atoms with Crippen LogP contribution in [0.15, 0.2) is 43.0 Å². The van der Waals surface area contributed by atoms with E-state index in [0.29, 0.717) is 0 Å². The Morgan fingerprint density at radius 3 is 2.75 bits per heavy atom. The molecule has 0 aliphatic carbocycles. The number of pyridine rings is 1. The SMILES string of the molecule is Cc1cnn2ccc(-c3ccncc3)nc12. The third-order valence-electron chi connectivity index (χ3n) is 2.52. The lowest BCUT2D eigenvalue weighted by Crippen LogP contribution is -1.92. The second-order valence-electron chi connectivity index (χ2n) is 3.64. The molecule has 0 N–H and O–H groups in total. The summed E-state index contributed by atoms with van der Waals surface area (Å²) in [6.45, 7) is 2.01. The van der Waals surface area contributed by atoms with Crippen molar-refractivity contribution < 1.29 is 0 Å². The van der Waals surface area contributed by atoms with Gasteiger partial charge in [0.2, 0.25) is 0 Å². The number of aryl methyl sites for hydroxylation is 1. The molecular formula is C12H10N4. The van der Waals surface area contributed by atoms with Gasteiger partial charge in [-0.05, 0) is 25.1 Å². The monoisotopic (exact) mass is 210 g/mol. The van der Waals surface area contributed by atoms with Crippen molar-refractivity contribution in [3.8, 4) is 11.3 Å². The Labute approximate surface area is 92.6 Å². The van der Waals surface area contributed by atoms with Gasteiger partial charge in [-0.25, -0.2) is 9.50 Å². The van der Waals surface area contributed by atoms with E-state index in [1.807, 2.05) is 37.5 Å². The van der Waals surface area contributed by atoms with E-state index < -0.39 is 0 Å². The zero-order chi connectivity index (χ0) is 11.0. The average Bonchev–Trinajstić information content (AvgIpc) is 2.72. The Morgan fingerprint density at radius 1 is 1.12 bits per heavy atom. The first kappa shape index (κ1) is 9.03. The van der Waals surface area contributed by atoms with Gasteiger partial charge in [0, 0.05) is 29.7 Å². The summed E-state index contributed by atoms with van der Waals surface area (Å²) >= 11 is 0. The standard InChI is InChI=1S/C12H10N4/c1-9-8-14-16-7-4-11(15-12(9)16)10-2-5-13-6-3-10/h2-8H,1H3. The van der Waals surface area contributed by atoms with E-state index in [1.165, 1.54) is 0 Å². The average molecular weight is 210 g/mol. The molecule has 0 aliphatic rings. The Hall–Kier alpha value is -2.23. The predicted octanol–water partition coefficient (Wildman–Crippen LogP) is 2.10. The van der Waals surface area contributed by atoms with E-state index >= 15 is 0 Å². The van der Waals surface area contributed by atoms with Crippen LogP contribution in [-0.2, 0) is 0 Å². The number of aromatic nitrogens is 4. The fourth-order valence-electron chi connectivity index (χ4n) is 1.67. The summed E-state index contributed by atoms with van der Waals surface area (Å²) in [6.07, 6.45) is 7.28. The molecule has 0 saturated carbocycles. The lowest BCUT2D eigenvalue weighted by molar-refractivity contribution is 0.941.